The normalized spacial score (nSPS) is 13.9. The van der Waals surface area contributed by atoms with Gasteiger partial charge in [0.2, 0.25) is 0 Å². The second-order valence-corrected chi connectivity index (χ2v) is 6.02. The Hall–Kier alpha value is -1.95. The fourth-order valence-electron chi connectivity index (χ4n) is 2.21. The Morgan fingerprint density at radius 2 is 2.14 bits per heavy atom. The van der Waals surface area contributed by atoms with Crippen LogP contribution in [0.3, 0.4) is 0 Å². The maximum Gasteiger partial charge on any atom is 0.189 e. The smallest absolute Gasteiger partial charge is 0.189 e. The number of carbonyl (C=O) groups is 1. The van der Waals surface area contributed by atoms with E-state index in [1.807, 2.05) is 6.26 Å². The first-order valence-electron chi connectivity index (χ1n) is 7.13. The zero-order chi connectivity index (χ0) is 15.5. The average molecular weight is 317 g/mol. The van der Waals surface area contributed by atoms with Gasteiger partial charge in [0, 0.05) is 12.1 Å². The lowest BCUT2D eigenvalue weighted by atomic mass is 10.1. The van der Waals surface area contributed by atoms with Crippen LogP contribution in [0.15, 0.2) is 29.4 Å². The molecule has 1 fully saturated rings. The predicted molar refractivity (Wildman–Crippen MR) is 85.8 cm³/mol. The zero-order valence-electron chi connectivity index (χ0n) is 12.2. The number of nitrogens with zero attached hydrogens (tertiary/aromatic N) is 2. The Bertz CT molecular complexity index is 704. The fourth-order valence-corrected chi connectivity index (χ4v) is 2.57. The van der Waals surface area contributed by atoms with Gasteiger partial charge in [-0.3, -0.25) is 4.79 Å². The van der Waals surface area contributed by atoms with Gasteiger partial charge in [0.05, 0.1) is 11.3 Å². The lowest BCUT2D eigenvalue weighted by Crippen LogP contribution is -2.10. The highest BCUT2D eigenvalue weighted by Gasteiger charge is 2.23. The van der Waals surface area contributed by atoms with Gasteiger partial charge in [0.15, 0.2) is 11.4 Å². The second kappa shape index (κ2) is 6.44. The molecule has 1 aromatic carbocycles. The monoisotopic (exact) mass is 317 g/mol. The summed E-state index contributed by atoms with van der Waals surface area (Å²) in [7, 11) is 0. The van der Waals surface area contributed by atoms with Crippen molar-refractivity contribution in [3.05, 3.63) is 35.6 Å². The maximum atomic E-state index is 14.1. The molecule has 114 valence electrons. The number of rotatable bonds is 6. The molecule has 0 bridgehead atoms. The SMILES string of the molecule is CSc1nc(NCC2CC2)c(C=O)c(-c2ccccc2F)n1. The van der Waals surface area contributed by atoms with Crippen molar-refractivity contribution in [3.63, 3.8) is 0 Å². The van der Waals surface area contributed by atoms with Crippen molar-refractivity contribution in [2.45, 2.75) is 18.0 Å². The van der Waals surface area contributed by atoms with Gasteiger partial charge in [0.25, 0.3) is 0 Å². The highest BCUT2D eigenvalue weighted by molar-refractivity contribution is 7.98. The summed E-state index contributed by atoms with van der Waals surface area (Å²) in [5.74, 6) is 0.730. The minimum atomic E-state index is -0.399. The van der Waals surface area contributed by atoms with Gasteiger partial charge in [-0.25, -0.2) is 14.4 Å². The van der Waals surface area contributed by atoms with E-state index in [0.29, 0.717) is 40.0 Å². The van der Waals surface area contributed by atoms with Crippen LogP contribution < -0.4 is 5.32 Å². The molecule has 22 heavy (non-hydrogen) atoms. The topological polar surface area (TPSA) is 54.9 Å². The predicted octanol–water partition coefficient (Wildman–Crippen LogP) is 3.64. The third kappa shape index (κ3) is 3.11. The molecule has 1 saturated carbocycles. The molecule has 0 amide bonds. The molecule has 3 rings (SSSR count). The molecule has 1 aromatic heterocycles. The number of benzene rings is 1. The summed E-state index contributed by atoms with van der Waals surface area (Å²) in [5.41, 5.74) is 0.964. The van der Waals surface area contributed by atoms with Crippen molar-refractivity contribution in [3.8, 4) is 11.3 Å². The zero-order valence-corrected chi connectivity index (χ0v) is 13.0. The van der Waals surface area contributed by atoms with Gasteiger partial charge >= 0.3 is 0 Å². The van der Waals surface area contributed by atoms with Crippen LogP contribution in [0, 0.1) is 11.7 Å². The van der Waals surface area contributed by atoms with E-state index in [1.165, 1.54) is 30.7 Å². The van der Waals surface area contributed by atoms with E-state index >= 15 is 0 Å². The number of aromatic nitrogens is 2. The number of anilines is 1. The minimum Gasteiger partial charge on any atom is -0.369 e. The maximum absolute atomic E-state index is 14.1. The van der Waals surface area contributed by atoms with Crippen LogP contribution in [0.2, 0.25) is 0 Å². The molecule has 1 heterocycles. The highest BCUT2D eigenvalue weighted by atomic mass is 32.2. The van der Waals surface area contributed by atoms with Crippen LogP contribution in [0.5, 0.6) is 0 Å². The van der Waals surface area contributed by atoms with Crippen LogP contribution in [-0.4, -0.2) is 29.1 Å². The fraction of sp³-hybridized carbons (Fsp3) is 0.312. The summed E-state index contributed by atoms with van der Waals surface area (Å²) >= 11 is 1.37. The van der Waals surface area contributed by atoms with Crippen molar-refractivity contribution in [1.82, 2.24) is 9.97 Å². The number of aldehydes is 1. The van der Waals surface area contributed by atoms with E-state index in [1.54, 1.807) is 18.2 Å². The molecule has 0 aliphatic heterocycles. The summed E-state index contributed by atoms with van der Waals surface area (Å²) in [4.78, 5) is 20.2. The number of hydrogen-bond donors (Lipinski definition) is 1. The summed E-state index contributed by atoms with van der Waals surface area (Å²) in [6.45, 7) is 0.780. The molecular weight excluding hydrogens is 301 g/mol. The van der Waals surface area contributed by atoms with Crippen LogP contribution in [-0.2, 0) is 0 Å². The summed E-state index contributed by atoms with van der Waals surface area (Å²) in [5, 5.41) is 3.73. The van der Waals surface area contributed by atoms with Crippen LogP contribution in [0.4, 0.5) is 10.2 Å². The van der Waals surface area contributed by atoms with Gasteiger partial charge < -0.3 is 5.32 Å². The van der Waals surface area contributed by atoms with Gasteiger partial charge in [-0.15, -0.1) is 0 Å². The highest BCUT2D eigenvalue weighted by Crippen LogP contribution is 2.32. The van der Waals surface area contributed by atoms with Gasteiger partial charge in [-0.2, -0.15) is 0 Å². The number of nitrogens with one attached hydrogen (secondary N) is 1. The van der Waals surface area contributed by atoms with Gasteiger partial charge in [-0.05, 0) is 37.1 Å². The first kappa shape index (κ1) is 15.0. The standard InChI is InChI=1S/C16H16FN3OS/c1-22-16-19-14(11-4-2-3-5-13(11)17)12(9-21)15(20-16)18-8-10-6-7-10/h2-5,9-10H,6-8H2,1H3,(H,18,19,20). The van der Waals surface area contributed by atoms with Crippen LogP contribution >= 0.6 is 11.8 Å². The average Bonchev–Trinajstić information content (AvgIpc) is 3.36. The van der Waals surface area contributed by atoms with Crippen LogP contribution in [0.1, 0.15) is 23.2 Å². The molecule has 4 nitrogen and oxygen atoms in total. The number of hydrogen-bond acceptors (Lipinski definition) is 5. The largest absolute Gasteiger partial charge is 0.369 e. The number of carbonyl (C=O) groups excluding carboxylic acids is 1. The summed E-state index contributed by atoms with van der Waals surface area (Å²) < 4.78 is 14.1. The van der Waals surface area contributed by atoms with Crippen molar-refractivity contribution in [2.24, 2.45) is 5.92 Å². The molecule has 1 N–H and O–H groups in total. The van der Waals surface area contributed by atoms with E-state index in [0.717, 1.165) is 6.54 Å². The van der Waals surface area contributed by atoms with Crippen molar-refractivity contribution in [2.75, 3.05) is 18.1 Å². The first-order valence-corrected chi connectivity index (χ1v) is 8.35. The third-order valence-corrected chi connectivity index (χ3v) is 4.16. The molecule has 1 aliphatic rings. The Kier molecular flexibility index (Phi) is 4.38. The molecule has 2 aromatic rings. The van der Waals surface area contributed by atoms with E-state index in [2.05, 4.69) is 15.3 Å². The summed E-state index contributed by atoms with van der Waals surface area (Å²) in [6.07, 6.45) is 4.95. The molecule has 1 aliphatic carbocycles. The lowest BCUT2D eigenvalue weighted by molar-refractivity contribution is 0.112. The molecule has 0 atom stereocenters. The Morgan fingerprint density at radius 3 is 2.77 bits per heavy atom. The molecule has 0 unspecified atom stereocenters. The molecular formula is C16H16FN3OS. The Morgan fingerprint density at radius 1 is 1.36 bits per heavy atom. The Balaban J connectivity index is 2.08. The van der Waals surface area contributed by atoms with Crippen molar-refractivity contribution >= 4 is 23.9 Å². The second-order valence-electron chi connectivity index (χ2n) is 5.24. The number of thioether (sulfide) groups is 1. The van der Waals surface area contributed by atoms with E-state index in [9.17, 15) is 9.18 Å². The number of halogens is 1. The van der Waals surface area contributed by atoms with Crippen LogP contribution in [0.25, 0.3) is 11.3 Å². The molecule has 0 spiro atoms. The third-order valence-electron chi connectivity index (χ3n) is 3.61. The Labute approximate surface area is 132 Å². The van der Waals surface area contributed by atoms with E-state index in [4.69, 9.17) is 0 Å². The molecule has 0 saturated heterocycles. The quantitative estimate of drug-likeness (QED) is 0.501. The van der Waals surface area contributed by atoms with E-state index < -0.39 is 5.82 Å². The first-order chi connectivity index (χ1) is 10.7. The van der Waals surface area contributed by atoms with Gasteiger partial charge in [0.1, 0.15) is 11.6 Å². The summed E-state index contributed by atoms with van der Waals surface area (Å²) in [6, 6.07) is 6.33. The molecule has 0 radical (unpaired) electrons. The minimum absolute atomic E-state index is 0.309. The molecule has 6 heteroatoms. The van der Waals surface area contributed by atoms with Crippen molar-refractivity contribution < 1.29 is 9.18 Å². The lowest BCUT2D eigenvalue weighted by Gasteiger charge is -2.13. The van der Waals surface area contributed by atoms with E-state index in [-0.39, 0.29) is 0 Å². The van der Waals surface area contributed by atoms with Gasteiger partial charge in [-0.1, -0.05) is 23.9 Å². The van der Waals surface area contributed by atoms with Crippen molar-refractivity contribution in [1.29, 1.82) is 0 Å².